The molecule has 2 atom stereocenters. The van der Waals surface area contributed by atoms with E-state index in [0.29, 0.717) is 18.8 Å². The molecule has 2 fully saturated rings. The van der Waals surface area contributed by atoms with E-state index in [4.69, 9.17) is 9.47 Å². The number of amides is 1. The molecule has 2 unspecified atom stereocenters. The molecular formula is C22H25NO3. The van der Waals surface area contributed by atoms with Gasteiger partial charge >= 0.3 is 6.09 Å². The van der Waals surface area contributed by atoms with Crippen LogP contribution in [-0.2, 0) is 10.3 Å². The fraction of sp³-hybridized carbons (Fsp3) is 0.409. The molecule has 136 valence electrons. The molecule has 4 heteroatoms. The van der Waals surface area contributed by atoms with Crippen molar-refractivity contribution in [3.63, 3.8) is 0 Å². The second kappa shape index (κ2) is 7.12. The largest absolute Gasteiger partial charge is 0.415 e. The molecule has 4 rings (SSSR count). The van der Waals surface area contributed by atoms with Gasteiger partial charge < -0.3 is 14.4 Å². The summed E-state index contributed by atoms with van der Waals surface area (Å²) in [6.07, 6.45) is 3.06. The molecule has 0 radical (unpaired) electrons. The highest BCUT2D eigenvalue weighted by Gasteiger charge is 2.54. The number of hydrogen-bond donors (Lipinski definition) is 0. The van der Waals surface area contributed by atoms with Gasteiger partial charge in [-0.2, -0.15) is 0 Å². The Morgan fingerprint density at radius 3 is 2.12 bits per heavy atom. The number of nitrogens with zero attached hydrogens (tertiary/aromatic N) is 1. The van der Waals surface area contributed by atoms with E-state index in [9.17, 15) is 4.79 Å². The topological polar surface area (TPSA) is 38.8 Å². The molecule has 1 saturated heterocycles. The standard InChI is InChI=1S/C22H25NO3/c1-25-22(17-9-4-2-5-10-17)18-11-8-12-19(22)16-23(15-18)21(24)26-20-13-6-3-7-14-20/h2-7,9-10,13-14,18-19H,8,11-12,15-16H2,1H3. The number of fused-ring (bicyclic) bond motifs is 2. The van der Waals surface area contributed by atoms with Gasteiger partial charge in [-0.15, -0.1) is 0 Å². The third-order valence-electron chi connectivity index (χ3n) is 5.97. The minimum atomic E-state index is -0.303. The lowest BCUT2D eigenvalue weighted by atomic mass is 9.62. The van der Waals surface area contributed by atoms with Crippen LogP contribution < -0.4 is 4.74 Å². The number of ether oxygens (including phenoxy) is 2. The molecule has 2 aliphatic rings. The summed E-state index contributed by atoms with van der Waals surface area (Å²) in [6.45, 7) is 1.34. The van der Waals surface area contributed by atoms with Crippen LogP contribution in [0.2, 0.25) is 0 Å². The summed E-state index contributed by atoms with van der Waals surface area (Å²) in [7, 11) is 1.82. The second-order valence-electron chi connectivity index (χ2n) is 7.27. The van der Waals surface area contributed by atoms with E-state index in [1.807, 2.05) is 48.4 Å². The fourth-order valence-corrected chi connectivity index (χ4v) is 4.86. The quantitative estimate of drug-likeness (QED) is 0.819. The van der Waals surface area contributed by atoms with Gasteiger partial charge in [0, 0.05) is 32.0 Å². The third-order valence-corrected chi connectivity index (χ3v) is 5.97. The van der Waals surface area contributed by atoms with Crippen LogP contribution in [0.25, 0.3) is 0 Å². The molecule has 2 bridgehead atoms. The maximum atomic E-state index is 12.7. The molecule has 0 spiro atoms. The average molecular weight is 351 g/mol. The zero-order valence-corrected chi connectivity index (χ0v) is 15.1. The Morgan fingerprint density at radius 1 is 0.962 bits per heavy atom. The Labute approximate surface area is 154 Å². The minimum absolute atomic E-state index is 0.258. The van der Waals surface area contributed by atoms with E-state index < -0.39 is 0 Å². The Balaban J connectivity index is 1.57. The van der Waals surface area contributed by atoms with Gasteiger partial charge in [0.1, 0.15) is 11.4 Å². The van der Waals surface area contributed by atoms with Gasteiger partial charge in [-0.1, -0.05) is 55.0 Å². The first-order valence-electron chi connectivity index (χ1n) is 9.36. The number of carbonyl (C=O) groups is 1. The first kappa shape index (κ1) is 17.1. The molecule has 0 N–H and O–H groups in total. The molecule has 4 nitrogen and oxygen atoms in total. The molecule has 2 aromatic carbocycles. The van der Waals surface area contributed by atoms with Gasteiger partial charge in [0.2, 0.25) is 0 Å². The highest BCUT2D eigenvalue weighted by atomic mass is 16.6. The van der Waals surface area contributed by atoms with Gasteiger partial charge in [0.25, 0.3) is 0 Å². The van der Waals surface area contributed by atoms with Crippen molar-refractivity contribution < 1.29 is 14.3 Å². The summed E-state index contributed by atoms with van der Waals surface area (Å²) < 4.78 is 11.8. The average Bonchev–Trinajstić information content (AvgIpc) is 2.68. The van der Waals surface area contributed by atoms with Crippen molar-refractivity contribution >= 4 is 6.09 Å². The van der Waals surface area contributed by atoms with Crippen molar-refractivity contribution in [1.82, 2.24) is 4.90 Å². The number of methoxy groups -OCH3 is 1. The third kappa shape index (κ3) is 2.88. The van der Waals surface area contributed by atoms with Crippen LogP contribution in [0.5, 0.6) is 5.75 Å². The van der Waals surface area contributed by atoms with Gasteiger partial charge in [-0.3, -0.25) is 0 Å². The van der Waals surface area contributed by atoms with E-state index in [0.717, 1.165) is 12.8 Å². The van der Waals surface area contributed by atoms with Crippen LogP contribution in [0.4, 0.5) is 4.79 Å². The molecule has 1 aliphatic carbocycles. The predicted molar refractivity (Wildman–Crippen MR) is 100.0 cm³/mol. The monoisotopic (exact) mass is 351 g/mol. The Kier molecular flexibility index (Phi) is 4.68. The predicted octanol–water partition coefficient (Wildman–Crippen LogP) is 4.46. The van der Waals surface area contributed by atoms with Crippen molar-refractivity contribution in [3.05, 3.63) is 66.2 Å². The molecule has 2 aromatic rings. The number of carbonyl (C=O) groups excluding carboxylic acids is 1. The summed E-state index contributed by atoms with van der Waals surface area (Å²) in [5.74, 6) is 1.16. The summed E-state index contributed by atoms with van der Waals surface area (Å²) in [5, 5.41) is 0. The SMILES string of the molecule is COC1(c2ccccc2)C2CCCC1CN(C(=O)Oc1ccccc1)C2. The van der Waals surface area contributed by atoms with Gasteiger partial charge in [0.15, 0.2) is 0 Å². The number of para-hydroxylation sites is 1. The molecule has 1 heterocycles. The maximum Gasteiger partial charge on any atom is 0.415 e. The highest BCUT2D eigenvalue weighted by molar-refractivity contribution is 5.71. The van der Waals surface area contributed by atoms with E-state index in [1.165, 1.54) is 12.0 Å². The number of rotatable bonds is 3. The molecule has 1 aliphatic heterocycles. The van der Waals surface area contributed by atoms with Crippen LogP contribution >= 0.6 is 0 Å². The van der Waals surface area contributed by atoms with E-state index in [-0.39, 0.29) is 23.5 Å². The zero-order chi connectivity index (χ0) is 18.0. The highest BCUT2D eigenvalue weighted by Crippen LogP contribution is 2.51. The number of likely N-dealkylation sites (tertiary alicyclic amines) is 1. The Morgan fingerprint density at radius 2 is 1.54 bits per heavy atom. The van der Waals surface area contributed by atoms with Crippen LogP contribution in [-0.4, -0.2) is 31.2 Å². The summed E-state index contributed by atoms with van der Waals surface area (Å²) >= 11 is 0. The molecule has 1 saturated carbocycles. The lowest BCUT2D eigenvalue weighted by Crippen LogP contribution is -2.60. The summed E-state index contributed by atoms with van der Waals surface area (Å²) in [5.41, 5.74) is 0.927. The Hall–Kier alpha value is -2.33. The molecule has 26 heavy (non-hydrogen) atoms. The number of benzene rings is 2. The van der Waals surface area contributed by atoms with E-state index in [2.05, 4.69) is 24.3 Å². The van der Waals surface area contributed by atoms with Crippen LogP contribution in [0, 0.1) is 11.8 Å². The Bertz CT molecular complexity index is 732. The smallest absolute Gasteiger partial charge is 0.410 e. The van der Waals surface area contributed by atoms with Crippen molar-refractivity contribution in [2.45, 2.75) is 24.9 Å². The van der Waals surface area contributed by atoms with Crippen LogP contribution in [0.1, 0.15) is 24.8 Å². The maximum absolute atomic E-state index is 12.7. The van der Waals surface area contributed by atoms with E-state index >= 15 is 0 Å². The van der Waals surface area contributed by atoms with Crippen LogP contribution in [0.3, 0.4) is 0 Å². The fourth-order valence-electron chi connectivity index (χ4n) is 4.86. The first-order chi connectivity index (χ1) is 12.7. The lowest BCUT2D eigenvalue weighted by molar-refractivity contribution is -0.163. The van der Waals surface area contributed by atoms with Crippen molar-refractivity contribution in [2.75, 3.05) is 20.2 Å². The first-order valence-corrected chi connectivity index (χ1v) is 9.36. The number of piperidine rings is 1. The normalized spacial score (nSPS) is 27.8. The van der Waals surface area contributed by atoms with Crippen molar-refractivity contribution in [2.24, 2.45) is 11.8 Å². The minimum Gasteiger partial charge on any atom is -0.410 e. The van der Waals surface area contributed by atoms with E-state index in [1.54, 1.807) is 0 Å². The summed E-state index contributed by atoms with van der Waals surface area (Å²) in [4.78, 5) is 14.6. The van der Waals surface area contributed by atoms with Crippen LogP contribution in [0.15, 0.2) is 60.7 Å². The summed E-state index contributed by atoms with van der Waals surface area (Å²) in [6, 6.07) is 19.8. The van der Waals surface area contributed by atoms with Crippen molar-refractivity contribution in [3.8, 4) is 5.75 Å². The zero-order valence-electron chi connectivity index (χ0n) is 15.1. The molecule has 1 amide bonds. The second-order valence-corrected chi connectivity index (χ2v) is 7.27. The molecule has 0 aromatic heterocycles. The van der Waals surface area contributed by atoms with Gasteiger partial charge in [0.05, 0.1) is 0 Å². The molecular weight excluding hydrogens is 326 g/mol. The number of hydrogen-bond acceptors (Lipinski definition) is 3. The van der Waals surface area contributed by atoms with Crippen molar-refractivity contribution in [1.29, 1.82) is 0 Å². The van der Waals surface area contributed by atoms with Gasteiger partial charge in [-0.25, -0.2) is 4.79 Å². The van der Waals surface area contributed by atoms with Gasteiger partial charge in [-0.05, 0) is 30.5 Å². The lowest BCUT2D eigenvalue weighted by Gasteiger charge is -2.55.